The van der Waals surface area contributed by atoms with Gasteiger partial charge in [0.25, 0.3) is 0 Å². The molecule has 1 unspecified atom stereocenters. The largest absolute Gasteiger partial charge is 0.496 e. The van der Waals surface area contributed by atoms with Gasteiger partial charge in [0, 0.05) is 11.6 Å². The number of nitrogens with two attached hydrogens (primary N) is 1. The Balaban J connectivity index is 3.26. The van der Waals surface area contributed by atoms with Gasteiger partial charge < -0.3 is 10.5 Å². The van der Waals surface area contributed by atoms with E-state index in [1.165, 1.54) is 16.7 Å². The first-order valence-electron chi connectivity index (χ1n) is 6.20. The lowest BCUT2D eigenvalue weighted by Gasteiger charge is -2.30. The highest BCUT2D eigenvalue weighted by molar-refractivity contribution is 5.48. The molecule has 0 bridgehead atoms. The molecule has 0 spiro atoms. The number of aryl methyl sites for hydroxylation is 1. The van der Waals surface area contributed by atoms with Crippen LogP contribution in [0.3, 0.4) is 0 Å². The van der Waals surface area contributed by atoms with Gasteiger partial charge in [0.2, 0.25) is 0 Å². The van der Waals surface area contributed by atoms with Crippen molar-refractivity contribution in [1.29, 1.82) is 0 Å². The van der Waals surface area contributed by atoms with E-state index in [1.54, 1.807) is 7.11 Å². The summed E-state index contributed by atoms with van der Waals surface area (Å²) in [4.78, 5) is 0. The first kappa shape index (κ1) is 14.0. The van der Waals surface area contributed by atoms with Crippen LogP contribution in [0.2, 0.25) is 0 Å². The molecule has 2 N–H and O–H groups in total. The average molecular weight is 235 g/mol. The number of rotatable bonds is 4. The van der Waals surface area contributed by atoms with Gasteiger partial charge in [0.05, 0.1) is 7.11 Å². The second kappa shape index (κ2) is 5.09. The Morgan fingerprint density at radius 2 is 1.88 bits per heavy atom. The lowest BCUT2D eigenvalue weighted by Crippen LogP contribution is -2.28. The number of hydrogen-bond donors (Lipinski definition) is 1. The van der Waals surface area contributed by atoms with Crippen molar-refractivity contribution >= 4 is 0 Å². The normalized spacial score (nSPS) is 13.6. The van der Waals surface area contributed by atoms with Crippen molar-refractivity contribution < 1.29 is 4.74 Å². The van der Waals surface area contributed by atoms with Crippen molar-refractivity contribution in [3.05, 3.63) is 28.8 Å². The van der Waals surface area contributed by atoms with Crippen LogP contribution in [0.4, 0.5) is 0 Å². The zero-order valence-electron chi connectivity index (χ0n) is 11.9. The molecule has 0 saturated heterocycles. The maximum Gasteiger partial charge on any atom is 0.125 e. The van der Waals surface area contributed by atoms with Crippen LogP contribution in [0.15, 0.2) is 12.1 Å². The molecule has 0 aliphatic carbocycles. The Labute approximate surface area is 105 Å². The van der Waals surface area contributed by atoms with Crippen LogP contribution in [0.5, 0.6) is 5.75 Å². The molecule has 1 aromatic rings. The number of benzene rings is 1. The van der Waals surface area contributed by atoms with Gasteiger partial charge >= 0.3 is 0 Å². The molecule has 96 valence electrons. The third-order valence-electron chi connectivity index (χ3n) is 3.44. The minimum atomic E-state index is 0.0397. The summed E-state index contributed by atoms with van der Waals surface area (Å²) in [6.45, 7) is 10.7. The summed E-state index contributed by atoms with van der Waals surface area (Å²) in [7, 11) is 1.74. The number of hydrogen-bond acceptors (Lipinski definition) is 2. The molecule has 0 heterocycles. The Hall–Kier alpha value is -1.02. The third kappa shape index (κ3) is 3.01. The fourth-order valence-electron chi connectivity index (χ4n) is 2.50. The monoisotopic (exact) mass is 235 g/mol. The first-order valence-corrected chi connectivity index (χ1v) is 6.20. The topological polar surface area (TPSA) is 35.2 Å². The molecule has 0 saturated carbocycles. The van der Waals surface area contributed by atoms with Crippen molar-refractivity contribution in [3.63, 3.8) is 0 Å². The Morgan fingerprint density at radius 1 is 1.29 bits per heavy atom. The van der Waals surface area contributed by atoms with Crippen LogP contribution < -0.4 is 10.5 Å². The number of ether oxygens (including phenoxy) is 1. The van der Waals surface area contributed by atoms with E-state index in [-0.39, 0.29) is 11.5 Å². The zero-order chi connectivity index (χ0) is 13.2. The van der Waals surface area contributed by atoms with Gasteiger partial charge in [0.1, 0.15) is 5.75 Å². The van der Waals surface area contributed by atoms with Crippen LogP contribution in [0.25, 0.3) is 0 Å². The van der Waals surface area contributed by atoms with E-state index in [0.717, 1.165) is 12.2 Å². The molecule has 0 aliphatic heterocycles. The van der Waals surface area contributed by atoms with Gasteiger partial charge in [-0.2, -0.15) is 0 Å². The molecule has 1 atom stereocenters. The lowest BCUT2D eigenvalue weighted by atomic mass is 9.78. The maximum absolute atomic E-state index is 5.93. The highest BCUT2D eigenvalue weighted by atomic mass is 16.5. The van der Waals surface area contributed by atoms with Crippen LogP contribution in [-0.4, -0.2) is 13.2 Å². The summed E-state index contributed by atoms with van der Waals surface area (Å²) in [6, 6.07) is 4.52. The SMILES string of the molecule is COc1c(C(C)(C)CC(C)N)ccc(C)c1C. The molecule has 0 radical (unpaired) electrons. The van der Waals surface area contributed by atoms with Gasteiger partial charge in [-0.15, -0.1) is 0 Å². The molecule has 2 nitrogen and oxygen atoms in total. The van der Waals surface area contributed by atoms with E-state index in [2.05, 4.69) is 46.8 Å². The molecular formula is C15H25NO. The van der Waals surface area contributed by atoms with Crippen molar-refractivity contribution in [2.45, 2.75) is 52.5 Å². The summed E-state index contributed by atoms with van der Waals surface area (Å²) in [5, 5.41) is 0. The average Bonchev–Trinajstić information content (AvgIpc) is 2.19. The fourth-order valence-corrected chi connectivity index (χ4v) is 2.50. The van der Waals surface area contributed by atoms with Crippen LogP contribution in [0, 0.1) is 13.8 Å². The van der Waals surface area contributed by atoms with E-state index in [0.29, 0.717) is 0 Å². The molecule has 0 aromatic heterocycles. The smallest absolute Gasteiger partial charge is 0.125 e. The van der Waals surface area contributed by atoms with E-state index in [9.17, 15) is 0 Å². The Kier molecular flexibility index (Phi) is 4.21. The molecular weight excluding hydrogens is 210 g/mol. The predicted octanol–water partition coefficient (Wildman–Crippen LogP) is 3.33. The molecule has 1 rings (SSSR count). The standard InChI is InChI=1S/C15H25NO/c1-10-7-8-13(14(17-6)12(10)3)15(4,5)9-11(2)16/h7-8,11H,9,16H2,1-6H3. The third-order valence-corrected chi connectivity index (χ3v) is 3.44. The number of methoxy groups -OCH3 is 1. The minimum Gasteiger partial charge on any atom is -0.496 e. The second-order valence-electron chi connectivity index (χ2n) is 5.65. The summed E-state index contributed by atoms with van der Waals surface area (Å²) in [5.41, 5.74) is 9.72. The predicted molar refractivity (Wildman–Crippen MR) is 73.8 cm³/mol. The summed E-state index contributed by atoms with van der Waals surface area (Å²) < 4.78 is 5.58. The highest BCUT2D eigenvalue weighted by Crippen LogP contribution is 2.37. The first-order chi connectivity index (χ1) is 7.79. The van der Waals surface area contributed by atoms with Gasteiger partial charge in [-0.05, 0) is 43.7 Å². The van der Waals surface area contributed by atoms with Gasteiger partial charge in [0.15, 0.2) is 0 Å². The van der Waals surface area contributed by atoms with E-state index < -0.39 is 0 Å². The molecule has 17 heavy (non-hydrogen) atoms. The Morgan fingerprint density at radius 3 is 2.35 bits per heavy atom. The van der Waals surface area contributed by atoms with Crippen LogP contribution >= 0.6 is 0 Å². The molecule has 0 aliphatic rings. The van der Waals surface area contributed by atoms with Crippen molar-refractivity contribution in [1.82, 2.24) is 0 Å². The summed E-state index contributed by atoms with van der Waals surface area (Å²) >= 11 is 0. The second-order valence-corrected chi connectivity index (χ2v) is 5.65. The van der Waals surface area contributed by atoms with Gasteiger partial charge in [-0.25, -0.2) is 0 Å². The van der Waals surface area contributed by atoms with Crippen molar-refractivity contribution in [2.24, 2.45) is 5.73 Å². The lowest BCUT2D eigenvalue weighted by molar-refractivity contribution is 0.373. The van der Waals surface area contributed by atoms with Crippen LogP contribution in [0.1, 0.15) is 43.9 Å². The van der Waals surface area contributed by atoms with E-state index >= 15 is 0 Å². The minimum absolute atomic E-state index is 0.0397. The molecule has 2 heteroatoms. The molecule has 0 amide bonds. The van der Waals surface area contributed by atoms with Gasteiger partial charge in [-0.1, -0.05) is 26.0 Å². The van der Waals surface area contributed by atoms with Crippen molar-refractivity contribution in [2.75, 3.05) is 7.11 Å². The summed E-state index contributed by atoms with van der Waals surface area (Å²) in [5.74, 6) is 1.01. The Bertz CT molecular complexity index is 394. The van der Waals surface area contributed by atoms with E-state index in [4.69, 9.17) is 10.5 Å². The van der Waals surface area contributed by atoms with Crippen molar-refractivity contribution in [3.8, 4) is 5.75 Å². The maximum atomic E-state index is 5.93. The molecule has 0 fully saturated rings. The zero-order valence-corrected chi connectivity index (χ0v) is 11.9. The quantitative estimate of drug-likeness (QED) is 0.869. The van der Waals surface area contributed by atoms with Crippen LogP contribution in [-0.2, 0) is 5.41 Å². The summed E-state index contributed by atoms with van der Waals surface area (Å²) in [6.07, 6.45) is 0.950. The highest BCUT2D eigenvalue weighted by Gasteiger charge is 2.26. The fraction of sp³-hybridized carbons (Fsp3) is 0.600. The van der Waals surface area contributed by atoms with E-state index in [1.807, 2.05) is 0 Å². The molecule has 1 aromatic carbocycles. The van der Waals surface area contributed by atoms with Gasteiger partial charge in [-0.3, -0.25) is 0 Å².